The summed E-state index contributed by atoms with van der Waals surface area (Å²) in [4.78, 5) is 16.5. The van der Waals surface area contributed by atoms with Crippen molar-refractivity contribution in [2.24, 2.45) is 0 Å². The Bertz CT molecular complexity index is 847. The minimum atomic E-state index is -0.223. The zero-order valence-corrected chi connectivity index (χ0v) is 14.2. The summed E-state index contributed by atoms with van der Waals surface area (Å²) >= 11 is 3.35. The normalized spacial score (nSPS) is 10.3. The van der Waals surface area contributed by atoms with Crippen molar-refractivity contribution in [3.05, 3.63) is 82.6 Å². The van der Waals surface area contributed by atoms with Crippen molar-refractivity contribution >= 4 is 27.5 Å². The molecule has 0 fully saturated rings. The predicted octanol–water partition coefficient (Wildman–Crippen LogP) is 5.07. The Kier molecular flexibility index (Phi) is 4.53. The molecule has 1 N–H and O–H groups in total. The molecule has 1 aromatic heterocycles. The molecule has 114 valence electrons. The average Bonchev–Trinajstić information content (AvgIpc) is 2.57. The highest BCUT2D eigenvalue weighted by molar-refractivity contribution is 9.10. The molecule has 0 bridgehead atoms. The molecule has 0 aliphatic carbocycles. The molecule has 0 saturated carbocycles. The predicted molar refractivity (Wildman–Crippen MR) is 96.5 cm³/mol. The number of aromatic nitrogens is 1. The minimum absolute atomic E-state index is 0.223. The molecular weight excluding hydrogens is 352 g/mol. The quantitative estimate of drug-likeness (QED) is 0.702. The SMILES string of the molecule is Cc1c(NC(=O)c2cc(Br)ccn2)cccc1-c1ccccc1. The molecule has 0 atom stereocenters. The third kappa shape index (κ3) is 3.48. The molecule has 1 amide bonds. The fourth-order valence-electron chi connectivity index (χ4n) is 2.42. The van der Waals surface area contributed by atoms with Gasteiger partial charge in [-0.25, -0.2) is 0 Å². The number of halogens is 1. The number of amides is 1. The van der Waals surface area contributed by atoms with Gasteiger partial charge >= 0.3 is 0 Å². The second kappa shape index (κ2) is 6.75. The van der Waals surface area contributed by atoms with Crippen molar-refractivity contribution in [1.29, 1.82) is 0 Å². The topological polar surface area (TPSA) is 42.0 Å². The van der Waals surface area contributed by atoms with Crippen LogP contribution >= 0.6 is 15.9 Å². The standard InChI is InChI=1S/C19H15BrN2O/c1-13-16(14-6-3-2-4-7-14)8-5-9-17(13)22-19(23)18-12-15(20)10-11-21-18/h2-12H,1H3,(H,22,23). The number of pyridine rings is 1. The van der Waals surface area contributed by atoms with Gasteiger partial charge < -0.3 is 5.32 Å². The highest BCUT2D eigenvalue weighted by Crippen LogP contribution is 2.28. The molecule has 2 aromatic carbocycles. The molecule has 23 heavy (non-hydrogen) atoms. The van der Waals surface area contributed by atoms with Gasteiger partial charge in [0.25, 0.3) is 5.91 Å². The number of anilines is 1. The number of nitrogens with zero attached hydrogens (tertiary/aromatic N) is 1. The van der Waals surface area contributed by atoms with Crippen LogP contribution in [-0.4, -0.2) is 10.9 Å². The average molecular weight is 367 g/mol. The summed E-state index contributed by atoms with van der Waals surface area (Å²) in [6.45, 7) is 2.01. The van der Waals surface area contributed by atoms with Gasteiger partial charge in [-0.05, 0) is 41.8 Å². The van der Waals surface area contributed by atoms with E-state index in [9.17, 15) is 4.79 Å². The Morgan fingerprint density at radius 2 is 1.83 bits per heavy atom. The van der Waals surface area contributed by atoms with Crippen LogP contribution in [0.1, 0.15) is 16.1 Å². The van der Waals surface area contributed by atoms with Gasteiger partial charge in [0, 0.05) is 16.4 Å². The number of rotatable bonds is 3. The lowest BCUT2D eigenvalue weighted by Gasteiger charge is -2.12. The maximum Gasteiger partial charge on any atom is 0.274 e. The van der Waals surface area contributed by atoms with Crippen molar-refractivity contribution < 1.29 is 4.79 Å². The first-order valence-corrected chi connectivity index (χ1v) is 8.02. The zero-order chi connectivity index (χ0) is 16.2. The van der Waals surface area contributed by atoms with E-state index in [1.54, 1.807) is 18.3 Å². The van der Waals surface area contributed by atoms with Crippen LogP contribution in [0.2, 0.25) is 0 Å². The van der Waals surface area contributed by atoms with Crippen molar-refractivity contribution in [3.63, 3.8) is 0 Å². The maximum atomic E-state index is 12.4. The van der Waals surface area contributed by atoms with Crippen LogP contribution in [0.4, 0.5) is 5.69 Å². The summed E-state index contributed by atoms with van der Waals surface area (Å²) in [7, 11) is 0. The van der Waals surface area contributed by atoms with Gasteiger partial charge in [-0.1, -0.05) is 58.4 Å². The van der Waals surface area contributed by atoms with Crippen LogP contribution < -0.4 is 5.32 Å². The van der Waals surface area contributed by atoms with E-state index in [0.29, 0.717) is 5.69 Å². The monoisotopic (exact) mass is 366 g/mol. The van der Waals surface area contributed by atoms with Crippen molar-refractivity contribution in [2.45, 2.75) is 6.92 Å². The molecule has 0 aliphatic heterocycles. The summed E-state index contributed by atoms with van der Waals surface area (Å²) < 4.78 is 0.826. The molecule has 0 radical (unpaired) electrons. The Balaban J connectivity index is 1.91. The summed E-state index contributed by atoms with van der Waals surface area (Å²) in [5.74, 6) is -0.223. The zero-order valence-electron chi connectivity index (χ0n) is 12.6. The van der Waals surface area contributed by atoms with Crippen LogP contribution in [0.5, 0.6) is 0 Å². The van der Waals surface area contributed by atoms with Gasteiger partial charge in [0.2, 0.25) is 0 Å². The van der Waals surface area contributed by atoms with Crippen molar-refractivity contribution in [1.82, 2.24) is 4.98 Å². The van der Waals surface area contributed by atoms with Crippen LogP contribution in [0.3, 0.4) is 0 Å². The van der Waals surface area contributed by atoms with E-state index in [2.05, 4.69) is 44.4 Å². The van der Waals surface area contributed by atoms with Gasteiger partial charge in [0.05, 0.1) is 0 Å². The highest BCUT2D eigenvalue weighted by atomic mass is 79.9. The van der Waals surface area contributed by atoms with E-state index >= 15 is 0 Å². The number of carbonyl (C=O) groups is 1. The van der Waals surface area contributed by atoms with Gasteiger partial charge in [0.15, 0.2) is 0 Å². The molecule has 4 heteroatoms. The Morgan fingerprint density at radius 3 is 2.57 bits per heavy atom. The first-order chi connectivity index (χ1) is 11.1. The van der Waals surface area contributed by atoms with E-state index in [0.717, 1.165) is 26.9 Å². The second-order valence-electron chi connectivity index (χ2n) is 5.16. The first-order valence-electron chi connectivity index (χ1n) is 7.23. The lowest BCUT2D eigenvalue weighted by molar-refractivity contribution is 0.102. The molecular formula is C19H15BrN2O. The number of nitrogens with one attached hydrogen (secondary N) is 1. The number of hydrogen-bond acceptors (Lipinski definition) is 2. The van der Waals surface area contributed by atoms with Crippen LogP contribution in [0.25, 0.3) is 11.1 Å². The highest BCUT2D eigenvalue weighted by Gasteiger charge is 2.11. The van der Waals surface area contributed by atoms with E-state index in [1.165, 1.54) is 0 Å². The smallest absolute Gasteiger partial charge is 0.274 e. The van der Waals surface area contributed by atoms with E-state index < -0.39 is 0 Å². The summed E-state index contributed by atoms with van der Waals surface area (Å²) in [5.41, 5.74) is 4.43. The van der Waals surface area contributed by atoms with Crippen LogP contribution in [0.15, 0.2) is 71.3 Å². The molecule has 0 saturated heterocycles. The number of carbonyl (C=O) groups excluding carboxylic acids is 1. The lowest BCUT2D eigenvalue weighted by atomic mass is 9.99. The fraction of sp³-hybridized carbons (Fsp3) is 0.0526. The first kappa shape index (κ1) is 15.4. The third-order valence-electron chi connectivity index (χ3n) is 3.62. The van der Waals surface area contributed by atoms with Gasteiger partial charge in [-0.2, -0.15) is 0 Å². The molecule has 3 aromatic rings. The van der Waals surface area contributed by atoms with Crippen molar-refractivity contribution in [2.75, 3.05) is 5.32 Å². The Hall–Kier alpha value is -2.46. The second-order valence-corrected chi connectivity index (χ2v) is 6.07. The van der Waals surface area contributed by atoms with Gasteiger partial charge in [-0.3, -0.25) is 9.78 Å². The Labute approximate surface area is 143 Å². The van der Waals surface area contributed by atoms with Crippen LogP contribution in [0, 0.1) is 6.92 Å². The molecule has 3 nitrogen and oxygen atoms in total. The summed E-state index contributed by atoms with van der Waals surface area (Å²) in [5, 5.41) is 2.94. The third-order valence-corrected chi connectivity index (χ3v) is 4.11. The van der Waals surface area contributed by atoms with Crippen LogP contribution in [-0.2, 0) is 0 Å². The largest absolute Gasteiger partial charge is 0.320 e. The van der Waals surface area contributed by atoms with E-state index in [4.69, 9.17) is 0 Å². The fourth-order valence-corrected chi connectivity index (χ4v) is 2.75. The summed E-state index contributed by atoms with van der Waals surface area (Å²) in [6, 6.07) is 19.5. The van der Waals surface area contributed by atoms with Gasteiger partial charge in [0.1, 0.15) is 5.69 Å². The van der Waals surface area contributed by atoms with E-state index in [-0.39, 0.29) is 5.91 Å². The molecule has 1 heterocycles. The van der Waals surface area contributed by atoms with Gasteiger partial charge in [-0.15, -0.1) is 0 Å². The van der Waals surface area contributed by atoms with Crippen molar-refractivity contribution in [3.8, 4) is 11.1 Å². The maximum absolute atomic E-state index is 12.4. The molecule has 0 aliphatic rings. The van der Waals surface area contributed by atoms with E-state index in [1.807, 2.05) is 37.3 Å². The number of hydrogen-bond donors (Lipinski definition) is 1. The minimum Gasteiger partial charge on any atom is -0.320 e. The summed E-state index contributed by atoms with van der Waals surface area (Å²) in [6.07, 6.45) is 1.60. The molecule has 0 unspecified atom stereocenters. The molecule has 3 rings (SSSR count). The lowest BCUT2D eigenvalue weighted by Crippen LogP contribution is -2.14. The molecule has 0 spiro atoms. The number of benzene rings is 2. The Morgan fingerprint density at radius 1 is 1.04 bits per heavy atom.